The highest BCUT2D eigenvalue weighted by Crippen LogP contribution is 2.38. The molecule has 6 nitrogen and oxygen atoms in total. The summed E-state index contributed by atoms with van der Waals surface area (Å²) >= 11 is 7.80. The SMILES string of the molecule is Cc1cc(CSc2ccccc2C(=O)NCc2cc(Cl)c3c(c2)OCCO3)on1. The molecule has 1 aliphatic heterocycles. The standard InChI is InChI=1S/C21H19ClN2O4S/c1-13-8-15(28-24-13)12-29-19-5-3-2-4-16(19)21(25)23-11-14-9-17(22)20-18(10-14)26-6-7-27-20/h2-5,8-10H,6-7,11-12H2,1H3,(H,23,25). The number of hydrogen-bond acceptors (Lipinski definition) is 6. The molecule has 1 aromatic heterocycles. The Balaban J connectivity index is 1.43. The average molecular weight is 431 g/mol. The van der Waals surface area contributed by atoms with Crippen LogP contribution in [0.5, 0.6) is 11.5 Å². The van der Waals surface area contributed by atoms with E-state index in [0.29, 0.717) is 47.6 Å². The van der Waals surface area contributed by atoms with Crippen LogP contribution in [0, 0.1) is 6.92 Å². The number of nitrogens with zero attached hydrogens (tertiary/aromatic N) is 1. The molecule has 8 heteroatoms. The predicted octanol–water partition coefficient (Wildman–Crippen LogP) is 4.63. The van der Waals surface area contributed by atoms with E-state index in [9.17, 15) is 4.79 Å². The number of thioether (sulfide) groups is 1. The van der Waals surface area contributed by atoms with Crippen molar-refractivity contribution in [1.29, 1.82) is 0 Å². The van der Waals surface area contributed by atoms with E-state index in [2.05, 4.69) is 10.5 Å². The molecule has 0 atom stereocenters. The maximum atomic E-state index is 12.8. The second kappa shape index (κ2) is 8.80. The summed E-state index contributed by atoms with van der Waals surface area (Å²) in [5.41, 5.74) is 2.29. The highest BCUT2D eigenvalue weighted by molar-refractivity contribution is 7.98. The van der Waals surface area contributed by atoms with Gasteiger partial charge in [0.2, 0.25) is 0 Å². The number of hydrogen-bond donors (Lipinski definition) is 1. The molecular weight excluding hydrogens is 412 g/mol. The van der Waals surface area contributed by atoms with Gasteiger partial charge in [-0.05, 0) is 36.8 Å². The Morgan fingerprint density at radius 3 is 2.86 bits per heavy atom. The Morgan fingerprint density at radius 2 is 2.03 bits per heavy atom. The van der Waals surface area contributed by atoms with Gasteiger partial charge in [-0.3, -0.25) is 4.79 Å². The molecule has 0 saturated heterocycles. The number of amides is 1. The van der Waals surface area contributed by atoms with E-state index in [-0.39, 0.29) is 5.91 Å². The number of rotatable bonds is 6. The maximum Gasteiger partial charge on any atom is 0.252 e. The number of aromatic nitrogens is 1. The number of halogens is 1. The van der Waals surface area contributed by atoms with Crippen molar-refractivity contribution in [1.82, 2.24) is 10.5 Å². The molecule has 4 rings (SSSR count). The lowest BCUT2D eigenvalue weighted by Gasteiger charge is -2.20. The van der Waals surface area contributed by atoms with Crippen LogP contribution in [-0.2, 0) is 12.3 Å². The van der Waals surface area contributed by atoms with Gasteiger partial charge in [-0.25, -0.2) is 0 Å². The third-order valence-electron chi connectivity index (χ3n) is 4.29. The molecule has 1 N–H and O–H groups in total. The van der Waals surface area contributed by atoms with Gasteiger partial charge in [0.05, 0.1) is 22.0 Å². The Labute approximate surface area is 177 Å². The zero-order chi connectivity index (χ0) is 20.2. The summed E-state index contributed by atoms with van der Waals surface area (Å²) in [6, 6.07) is 13.0. The van der Waals surface area contributed by atoms with E-state index in [0.717, 1.165) is 21.9 Å². The number of fused-ring (bicyclic) bond motifs is 1. The number of benzene rings is 2. The normalized spacial score (nSPS) is 12.6. The molecule has 1 amide bonds. The van der Waals surface area contributed by atoms with Crippen LogP contribution in [0.15, 0.2) is 51.9 Å². The predicted molar refractivity (Wildman–Crippen MR) is 111 cm³/mol. The topological polar surface area (TPSA) is 73.6 Å². The van der Waals surface area contributed by atoms with Gasteiger partial charge >= 0.3 is 0 Å². The first-order valence-electron chi connectivity index (χ1n) is 9.10. The third-order valence-corrected chi connectivity index (χ3v) is 5.66. The average Bonchev–Trinajstić information content (AvgIpc) is 3.16. The minimum atomic E-state index is -0.159. The third kappa shape index (κ3) is 4.68. The first kappa shape index (κ1) is 19.7. The van der Waals surface area contributed by atoms with Crippen LogP contribution >= 0.6 is 23.4 Å². The Hall–Kier alpha value is -2.64. The van der Waals surface area contributed by atoms with E-state index in [1.54, 1.807) is 12.1 Å². The first-order chi connectivity index (χ1) is 14.1. The summed E-state index contributed by atoms with van der Waals surface area (Å²) in [6.45, 7) is 3.16. The number of aryl methyl sites for hydroxylation is 1. The van der Waals surface area contributed by atoms with Gasteiger partial charge in [-0.2, -0.15) is 0 Å². The fraction of sp³-hybridized carbons (Fsp3) is 0.238. The summed E-state index contributed by atoms with van der Waals surface area (Å²) in [4.78, 5) is 13.7. The summed E-state index contributed by atoms with van der Waals surface area (Å²) in [7, 11) is 0. The lowest BCUT2D eigenvalue weighted by Crippen LogP contribution is -2.23. The van der Waals surface area contributed by atoms with Crippen molar-refractivity contribution in [3.8, 4) is 11.5 Å². The summed E-state index contributed by atoms with van der Waals surface area (Å²) < 4.78 is 16.4. The van der Waals surface area contributed by atoms with Gasteiger partial charge in [0, 0.05) is 17.5 Å². The quantitative estimate of drug-likeness (QED) is 0.575. The lowest BCUT2D eigenvalue weighted by molar-refractivity contribution is 0.0948. The van der Waals surface area contributed by atoms with E-state index < -0.39 is 0 Å². The van der Waals surface area contributed by atoms with Crippen LogP contribution in [0.2, 0.25) is 5.02 Å². The summed E-state index contributed by atoms with van der Waals surface area (Å²) in [5.74, 6) is 2.37. The smallest absolute Gasteiger partial charge is 0.252 e. The summed E-state index contributed by atoms with van der Waals surface area (Å²) in [5, 5.41) is 7.32. The van der Waals surface area contributed by atoms with Crippen molar-refractivity contribution >= 4 is 29.3 Å². The molecule has 0 bridgehead atoms. The molecular formula is C21H19ClN2O4S. The largest absolute Gasteiger partial charge is 0.486 e. The van der Waals surface area contributed by atoms with Crippen molar-refractivity contribution in [2.24, 2.45) is 0 Å². The second-order valence-corrected chi connectivity index (χ2v) is 7.93. The molecule has 2 aromatic carbocycles. The van der Waals surface area contributed by atoms with E-state index in [4.69, 9.17) is 25.6 Å². The molecule has 0 saturated carbocycles. The molecule has 1 aliphatic rings. The zero-order valence-electron chi connectivity index (χ0n) is 15.7. The van der Waals surface area contributed by atoms with Crippen LogP contribution < -0.4 is 14.8 Å². The molecule has 0 radical (unpaired) electrons. The lowest BCUT2D eigenvalue weighted by atomic mass is 10.1. The molecule has 29 heavy (non-hydrogen) atoms. The van der Waals surface area contributed by atoms with Crippen LogP contribution in [0.3, 0.4) is 0 Å². The molecule has 2 heterocycles. The van der Waals surface area contributed by atoms with Gasteiger partial charge < -0.3 is 19.3 Å². The van der Waals surface area contributed by atoms with E-state index in [1.807, 2.05) is 37.3 Å². The Morgan fingerprint density at radius 1 is 1.21 bits per heavy atom. The number of carbonyl (C=O) groups excluding carboxylic acids is 1. The molecule has 0 fully saturated rings. The molecule has 0 spiro atoms. The van der Waals surface area contributed by atoms with Crippen LogP contribution in [0.25, 0.3) is 0 Å². The minimum Gasteiger partial charge on any atom is -0.486 e. The molecule has 3 aromatic rings. The van der Waals surface area contributed by atoms with Crippen LogP contribution in [-0.4, -0.2) is 24.3 Å². The maximum absolute atomic E-state index is 12.8. The van der Waals surface area contributed by atoms with Gasteiger partial charge in [0.15, 0.2) is 11.5 Å². The van der Waals surface area contributed by atoms with Crippen molar-refractivity contribution in [3.05, 3.63) is 70.1 Å². The van der Waals surface area contributed by atoms with E-state index in [1.165, 1.54) is 11.8 Å². The van der Waals surface area contributed by atoms with Crippen LogP contribution in [0.1, 0.15) is 27.4 Å². The number of carbonyl (C=O) groups is 1. The van der Waals surface area contributed by atoms with E-state index >= 15 is 0 Å². The van der Waals surface area contributed by atoms with Crippen molar-refractivity contribution in [3.63, 3.8) is 0 Å². The van der Waals surface area contributed by atoms with Crippen molar-refractivity contribution < 1.29 is 18.8 Å². The zero-order valence-corrected chi connectivity index (χ0v) is 17.3. The number of nitrogens with one attached hydrogen (secondary N) is 1. The van der Waals surface area contributed by atoms with Gasteiger partial charge in [0.25, 0.3) is 5.91 Å². The molecule has 0 aliphatic carbocycles. The van der Waals surface area contributed by atoms with Gasteiger partial charge in [-0.1, -0.05) is 28.9 Å². The highest BCUT2D eigenvalue weighted by Gasteiger charge is 2.18. The molecule has 150 valence electrons. The van der Waals surface area contributed by atoms with Gasteiger partial charge in [-0.15, -0.1) is 11.8 Å². The minimum absolute atomic E-state index is 0.159. The van der Waals surface area contributed by atoms with Crippen molar-refractivity contribution in [2.75, 3.05) is 13.2 Å². The Bertz CT molecular complexity index is 1040. The van der Waals surface area contributed by atoms with Crippen molar-refractivity contribution in [2.45, 2.75) is 24.1 Å². The fourth-order valence-corrected chi connectivity index (χ4v) is 4.17. The second-order valence-electron chi connectivity index (χ2n) is 6.50. The molecule has 0 unspecified atom stereocenters. The fourth-order valence-electron chi connectivity index (χ4n) is 2.96. The van der Waals surface area contributed by atoms with Gasteiger partial charge in [0.1, 0.15) is 19.0 Å². The highest BCUT2D eigenvalue weighted by atomic mass is 35.5. The first-order valence-corrected chi connectivity index (χ1v) is 10.5. The monoisotopic (exact) mass is 430 g/mol. The van der Waals surface area contributed by atoms with Crippen LogP contribution in [0.4, 0.5) is 0 Å². The Kier molecular flexibility index (Phi) is 5.97. The number of ether oxygens (including phenoxy) is 2. The summed E-state index contributed by atoms with van der Waals surface area (Å²) in [6.07, 6.45) is 0.